The first-order valence-corrected chi connectivity index (χ1v) is 12.8. The van der Waals surface area contributed by atoms with Crippen LogP contribution in [0.2, 0.25) is 0 Å². The van der Waals surface area contributed by atoms with E-state index in [2.05, 4.69) is 25.2 Å². The molecule has 0 saturated heterocycles. The van der Waals surface area contributed by atoms with Crippen LogP contribution in [0.3, 0.4) is 0 Å². The first kappa shape index (κ1) is 25.7. The second-order valence-corrected chi connectivity index (χ2v) is 10.5. The number of aryl methyl sites for hydroxylation is 2. The summed E-state index contributed by atoms with van der Waals surface area (Å²) in [5.74, 6) is 0.763. The van der Waals surface area contributed by atoms with E-state index in [9.17, 15) is 13.2 Å². The molecule has 0 aliphatic heterocycles. The third-order valence-corrected chi connectivity index (χ3v) is 6.86. The summed E-state index contributed by atoms with van der Waals surface area (Å²) in [7, 11) is -2.01. The third-order valence-electron chi connectivity index (χ3n) is 5.68. The van der Waals surface area contributed by atoms with E-state index < -0.39 is 16.1 Å². The van der Waals surface area contributed by atoms with Gasteiger partial charge in [-0.1, -0.05) is 38.5 Å². The Morgan fingerprint density at radius 2 is 1.66 bits per heavy atom. The molecule has 2 atom stereocenters. The van der Waals surface area contributed by atoms with Crippen LogP contribution < -0.4 is 14.4 Å². The third kappa shape index (κ3) is 5.82. The lowest BCUT2D eigenvalue weighted by molar-refractivity contribution is -0.122. The fourth-order valence-electron chi connectivity index (χ4n) is 3.95. The van der Waals surface area contributed by atoms with Crippen LogP contribution in [-0.4, -0.2) is 33.7 Å². The Balaban J connectivity index is 2.38. The fourth-order valence-corrected chi connectivity index (χ4v) is 5.16. The smallest absolute Gasteiger partial charge is 0.244 e. The van der Waals surface area contributed by atoms with E-state index in [0.29, 0.717) is 12.1 Å². The summed E-state index contributed by atoms with van der Waals surface area (Å²) in [5, 5.41) is 3.04. The van der Waals surface area contributed by atoms with Crippen LogP contribution in [0.5, 0.6) is 5.75 Å². The maximum atomic E-state index is 13.3. The number of amides is 1. The minimum Gasteiger partial charge on any atom is -0.496 e. The van der Waals surface area contributed by atoms with E-state index in [-0.39, 0.29) is 17.9 Å². The van der Waals surface area contributed by atoms with E-state index in [0.717, 1.165) is 34.3 Å². The quantitative estimate of drug-likeness (QED) is 0.580. The molecule has 0 fully saturated rings. The van der Waals surface area contributed by atoms with Crippen molar-refractivity contribution >= 4 is 21.6 Å². The maximum Gasteiger partial charge on any atom is 0.244 e. The number of hydrogen-bond donors (Lipinski definition) is 1. The lowest BCUT2D eigenvalue weighted by Crippen LogP contribution is -2.49. The molecule has 0 saturated carbocycles. The van der Waals surface area contributed by atoms with E-state index in [4.69, 9.17) is 4.74 Å². The van der Waals surface area contributed by atoms with Crippen molar-refractivity contribution in [2.24, 2.45) is 0 Å². The summed E-state index contributed by atoms with van der Waals surface area (Å²) in [6.45, 7) is 11.8. The molecule has 0 unspecified atom stereocenters. The first-order valence-electron chi connectivity index (χ1n) is 11.0. The predicted octanol–water partition coefficient (Wildman–Crippen LogP) is 4.86. The molecular formula is C25H36N2O4S. The molecule has 1 amide bonds. The summed E-state index contributed by atoms with van der Waals surface area (Å²) in [6, 6.07) is 10.1. The molecule has 6 nitrogen and oxygen atoms in total. The van der Waals surface area contributed by atoms with Crippen LogP contribution in [0.25, 0.3) is 0 Å². The Labute approximate surface area is 193 Å². The van der Waals surface area contributed by atoms with Gasteiger partial charge < -0.3 is 10.1 Å². The molecule has 0 bridgehead atoms. The molecule has 2 rings (SSSR count). The lowest BCUT2D eigenvalue weighted by Gasteiger charge is -2.31. The Hall–Kier alpha value is -2.54. The van der Waals surface area contributed by atoms with Gasteiger partial charge in [-0.05, 0) is 74.1 Å². The number of rotatable bonds is 9. The molecule has 0 heterocycles. The first-order chi connectivity index (χ1) is 14.9. The normalized spacial score (nSPS) is 13.5. The van der Waals surface area contributed by atoms with Crippen molar-refractivity contribution in [3.8, 4) is 5.75 Å². The lowest BCUT2D eigenvalue weighted by atomic mass is 9.93. The van der Waals surface area contributed by atoms with E-state index in [1.54, 1.807) is 19.2 Å². The minimum absolute atomic E-state index is 0.262. The number of carbonyl (C=O) groups excluding carboxylic acids is 1. The molecule has 2 aromatic carbocycles. The summed E-state index contributed by atoms with van der Waals surface area (Å²) in [5.41, 5.74) is 4.56. The zero-order valence-corrected chi connectivity index (χ0v) is 21.2. The Bertz CT molecular complexity index is 1050. The molecule has 32 heavy (non-hydrogen) atoms. The van der Waals surface area contributed by atoms with Crippen LogP contribution in [0.1, 0.15) is 68.3 Å². The summed E-state index contributed by atoms with van der Waals surface area (Å²) in [6.07, 6.45) is 1.48. The van der Waals surface area contributed by atoms with Crippen LogP contribution in [0.4, 0.5) is 5.69 Å². The molecule has 0 aliphatic carbocycles. The number of ether oxygens (including phenoxy) is 1. The highest BCUT2D eigenvalue weighted by Crippen LogP contribution is 2.32. The van der Waals surface area contributed by atoms with Gasteiger partial charge in [-0.15, -0.1) is 0 Å². The van der Waals surface area contributed by atoms with Crippen molar-refractivity contribution in [3.63, 3.8) is 0 Å². The molecule has 1 N–H and O–H groups in total. The van der Waals surface area contributed by atoms with Gasteiger partial charge >= 0.3 is 0 Å². The standard InChI is InChI=1S/C25H36N2O4S/c1-9-23(27(32(8,29)30)20-12-10-17(4)11-13-20)25(28)26-19(6)22-15-21(16(2)3)24(31-7)14-18(22)5/h10-16,19,23H,9H2,1-8H3,(H,26,28)/t19-,23-/m1/s1. The second-order valence-electron chi connectivity index (χ2n) is 8.65. The molecule has 7 heteroatoms. The number of nitrogens with one attached hydrogen (secondary N) is 1. The van der Waals surface area contributed by atoms with Crippen molar-refractivity contribution in [3.05, 3.63) is 58.7 Å². The molecule has 0 aliphatic rings. The fraction of sp³-hybridized carbons (Fsp3) is 0.480. The summed E-state index contributed by atoms with van der Waals surface area (Å²) < 4.78 is 32.0. The number of sulfonamides is 1. The van der Waals surface area contributed by atoms with E-state index >= 15 is 0 Å². The van der Waals surface area contributed by atoms with Crippen molar-refractivity contribution in [2.45, 2.75) is 66.0 Å². The molecule has 0 spiro atoms. The Kier molecular flexibility index (Phi) is 8.35. The summed E-state index contributed by atoms with van der Waals surface area (Å²) >= 11 is 0. The topological polar surface area (TPSA) is 75.7 Å². The zero-order chi connectivity index (χ0) is 24.2. The van der Waals surface area contributed by atoms with Crippen molar-refractivity contribution in [1.82, 2.24) is 5.32 Å². The van der Waals surface area contributed by atoms with Crippen LogP contribution in [0, 0.1) is 13.8 Å². The van der Waals surface area contributed by atoms with Crippen molar-refractivity contribution in [1.29, 1.82) is 0 Å². The SMILES string of the molecule is CC[C@H](C(=O)N[C@H](C)c1cc(C(C)C)c(OC)cc1C)N(c1ccc(C)cc1)S(C)(=O)=O. The van der Waals surface area contributed by atoms with Gasteiger partial charge in [-0.3, -0.25) is 9.10 Å². The van der Waals surface area contributed by atoms with Crippen LogP contribution >= 0.6 is 0 Å². The number of nitrogens with zero attached hydrogens (tertiary/aromatic N) is 1. The molecule has 0 radical (unpaired) electrons. The average Bonchev–Trinajstić information content (AvgIpc) is 2.71. The molecule has 2 aromatic rings. The van der Waals surface area contributed by atoms with Gasteiger partial charge in [0.2, 0.25) is 15.9 Å². The average molecular weight is 461 g/mol. The van der Waals surface area contributed by atoms with Gasteiger partial charge in [0.05, 0.1) is 25.1 Å². The predicted molar refractivity (Wildman–Crippen MR) is 131 cm³/mol. The molecular weight excluding hydrogens is 424 g/mol. The van der Waals surface area contributed by atoms with Gasteiger partial charge in [-0.2, -0.15) is 0 Å². The van der Waals surface area contributed by atoms with Crippen molar-refractivity contribution in [2.75, 3.05) is 17.7 Å². The van der Waals surface area contributed by atoms with Gasteiger partial charge in [0.25, 0.3) is 0 Å². The van der Waals surface area contributed by atoms with Crippen LogP contribution in [0.15, 0.2) is 36.4 Å². The van der Waals surface area contributed by atoms with Gasteiger partial charge in [-0.25, -0.2) is 8.42 Å². The number of methoxy groups -OCH3 is 1. The highest BCUT2D eigenvalue weighted by molar-refractivity contribution is 7.92. The van der Waals surface area contributed by atoms with Gasteiger partial charge in [0, 0.05) is 0 Å². The highest BCUT2D eigenvalue weighted by atomic mass is 32.2. The highest BCUT2D eigenvalue weighted by Gasteiger charge is 2.32. The Morgan fingerprint density at radius 1 is 1.06 bits per heavy atom. The molecule has 176 valence electrons. The maximum absolute atomic E-state index is 13.3. The van der Waals surface area contributed by atoms with Crippen molar-refractivity contribution < 1.29 is 17.9 Å². The van der Waals surface area contributed by atoms with Gasteiger partial charge in [0.1, 0.15) is 11.8 Å². The number of hydrogen-bond acceptors (Lipinski definition) is 4. The van der Waals surface area contributed by atoms with E-state index in [1.165, 1.54) is 4.31 Å². The second kappa shape index (κ2) is 10.4. The zero-order valence-electron chi connectivity index (χ0n) is 20.4. The number of benzene rings is 2. The summed E-state index contributed by atoms with van der Waals surface area (Å²) in [4.78, 5) is 13.3. The minimum atomic E-state index is -3.67. The number of anilines is 1. The Morgan fingerprint density at radius 3 is 2.12 bits per heavy atom. The number of carbonyl (C=O) groups is 1. The van der Waals surface area contributed by atoms with Crippen LogP contribution in [-0.2, 0) is 14.8 Å². The monoisotopic (exact) mass is 460 g/mol. The van der Waals surface area contributed by atoms with E-state index in [1.807, 2.05) is 45.9 Å². The van der Waals surface area contributed by atoms with Gasteiger partial charge in [0.15, 0.2) is 0 Å². The molecule has 0 aromatic heterocycles. The largest absolute Gasteiger partial charge is 0.496 e.